The molecule has 0 fully saturated rings. The number of sulfone groups is 1. The van der Waals surface area contributed by atoms with Crippen molar-refractivity contribution in [1.29, 1.82) is 0 Å². The largest absolute Gasteiger partial charge is 0.478 e. The fourth-order valence-corrected chi connectivity index (χ4v) is 2.48. The zero-order valence-electron chi connectivity index (χ0n) is 13.7. The van der Waals surface area contributed by atoms with E-state index in [-0.39, 0.29) is 6.04 Å². The number of hydrogen-bond donors (Lipinski definition) is 3. The third-order valence-corrected chi connectivity index (χ3v) is 3.98. The van der Waals surface area contributed by atoms with Gasteiger partial charge in [0.1, 0.15) is 0 Å². The molecule has 1 aromatic carbocycles. The molecule has 1 atom stereocenters. The van der Waals surface area contributed by atoms with Crippen LogP contribution in [0.2, 0.25) is 0 Å². The molecule has 2 aromatic rings. The third-order valence-electron chi connectivity index (χ3n) is 2.87. The minimum atomic E-state index is -3.19. The van der Waals surface area contributed by atoms with Crippen LogP contribution in [0.3, 0.4) is 0 Å². The highest BCUT2D eigenvalue weighted by Gasteiger charge is 2.11. The van der Waals surface area contributed by atoms with Crippen LogP contribution in [0.15, 0.2) is 41.4 Å². The van der Waals surface area contributed by atoms with Gasteiger partial charge in [-0.05, 0) is 25.1 Å². The van der Waals surface area contributed by atoms with E-state index in [1.54, 1.807) is 29.1 Å². The van der Waals surface area contributed by atoms with Gasteiger partial charge >= 0.3 is 11.9 Å². The van der Waals surface area contributed by atoms with E-state index in [0.717, 1.165) is 10.9 Å². The first kappa shape index (κ1) is 20.3. The van der Waals surface area contributed by atoms with Gasteiger partial charge in [-0.3, -0.25) is 4.68 Å². The van der Waals surface area contributed by atoms with Gasteiger partial charge in [-0.2, -0.15) is 5.10 Å². The number of fused-ring (bicyclic) bond motifs is 1. The van der Waals surface area contributed by atoms with Crippen molar-refractivity contribution >= 4 is 32.7 Å². The summed E-state index contributed by atoms with van der Waals surface area (Å²) < 4.78 is 24.7. The molecule has 2 rings (SSSR count). The van der Waals surface area contributed by atoms with Gasteiger partial charge in [0.25, 0.3) is 0 Å². The monoisotopic (exact) mass is 369 g/mol. The number of nitrogens with zero attached hydrogens (tertiary/aromatic N) is 2. The minimum Gasteiger partial charge on any atom is -0.478 e. The molecular formula is C15H19N3O6S. The van der Waals surface area contributed by atoms with Crippen LogP contribution >= 0.6 is 0 Å². The van der Waals surface area contributed by atoms with E-state index in [0.29, 0.717) is 23.6 Å². The Morgan fingerprint density at radius 2 is 1.84 bits per heavy atom. The highest BCUT2D eigenvalue weighted by atomic mass is 32.2. The molecule has 0 aliphatic heterocycles. The van der Waals surface area contributed by atoms with Gasteiger partial charge in [0.2, 0.25) is 0 Å². The quantitative estimate of drug-likeness (QED) is 0.644. The molecule has 0 unspecified atom stereocenters. The Hall–Kier alpha value is -2.72. The average Bonchev–Trinajstić information content (AvgIpc) is 2.87. The third kappa shape index (κ3) is 6.73. The first-order valence-electron chi connectivity index (χ1n) is 7.06. The van der Waals surface area contributed by atoms with Crippen LogP contribution in [0, 0.1) is 0 Å². The van der Waals surface area contributed by atoms with Gasteiger partial charge in [0.15, 0.2) is 9.84 Å². The summed E-state index contributed by atoms with van der Waals surface area (Å²) >= 11 is 0. The summed E-state index contributed by atoms with van der Waals surface area (Å²) in [6.07, 6.45) is 4.02. The standard InChI is InChI=1S/C11H15N3O2S.C4H4O4/c1-8(12)7-14-11-5-10(17(2,15)16)4-3-9(11)6-13-14;5-3(6)1-2-4(7)8/h3-6,8H,7,12H2,1-2H3;1-2H,(H,5,6)(H,7,8)/b;2-1+/t8-;/m0./s1. The lowest BCUT2D eigenvalue weighted by Crippen LogP contribution is -2.22. The normalized spacial score (nSPS) is 12.6. The van der Waals surface area contributed by atoms with Gasteiger partial charge in [0, 0.05) is 29.8 Å². The average molecular weight is 369 g/mol. The zero-order valence-corrected chi connectivity index (χ0v) is 14.5. The SMILES string of the molecule is C[C@H](N)Cn1ncc2ccc(S(C)(=O)=O)cc21.O=C(O)/C=C/C(=O)O. The van der Waals surface area contributed by atoms with Crippen molar-refractivity contribution in [2.45, 2.75) is 24.4 Å². The van der Waals surface area contributed by atoms with Gasteiger partial charge in [-0.1, -0.05) is 0 Å². The van der Waals surface area contributed by atoms with Gasteiger partial charge in [0.05, 0.1) is 23.2 Å². The molecular weight excluding hydrogens is 350 g/mol. The number of benzene rings is 1. The predicted octanol–water partition coefficient (Wildman–Crippen LogP) is 0.499. The summed E-state index contributed by atoms with van der Waals surface area (Å²) in [7, 11) is -3.19. The Morgan fingerprint density at radius 3 is 2.28 bits per heavy atom. The minimum absolute atomic E-state index is 0.0278. The molecule has 0 aliphatic carbocycles. The Bertz CT molecular complexity index is 883. The number of nitrogens with two attached hydrogens (primary N) is 1. The second-order valence-electron chi connectivity index (χ2n) is 5.31. The van der Waals surface area contributed by atoms with Crippen molar-refractivity contribution in [3.05, 3.63) is 36.5 Å². The molecule has 0 spiro atoms. The second-order valence-corrected chi connectivity index (χ2v) is 7.32. The molecule has 0 saturated heterocycles. The van der Waals surface area contributed by atoms with Crippen molar-refractivity contribution in [2.75, 3.05) is 6.26 Å². The van der Waals surface area contributed by atoms with E-state index in [1.165, 1.54) is 6.26 Å². The van der Waals surface area contributed by atoms with E-state index < -0.39 is 21.8 Å². The maximum absolute atomic E-state index is 11.5. The lowest BCUT2D eigenvalue weighted by Gasteiger charge is -2.07. The number of aromatic nitrogens is 2. The van der Waals surface area contributed by atoms with Gasteiger partial charge in [-0.15, -0.1) is 0 Å². The number of carbonyl (C=O) groups is 2. The van der Waals surface area contributed by atoms with E-state index in [9.17, 15) is 18.0 Å². The number of aliphatic carboxylic acids is 2. The van der Waals surface area contributed by atoms with Crippen LogP contribution in [-0.2, 0) is 26.0 Å². The molecule has 1 heterocycles. The first-order valence-corrected chi connectivity index (χ1v) is 8.95. The highest BCUT2D eigenvalue weighted by Crippen LogP contribution is 2.19. The Balaban J connectivity index is 0.000000333. The number of carboxylic acid groups (broad SMARTS) is 2. The first-order chi connectivity index (χ1) is 11.5. The summed E-state index contributed by atoms with van der Waals surface area (Å²) in [5, 5.41) is 20.7. The fraction of sp³-hybridized carbons (Fsp3) is 0.267. The predicted molar refractivity (Wildman–Crippen MR) is 90.9 cm³/mol. The number of carboxylic acids is 2. The molecule has 1 aromatic heterocycles. The van der Waals surface area contributed by atoms with Crippen LogP contribution in [0.1, 0.15) is 6.92 Å². The fourth-order valence-electron chi connectivity index (χ4n) is 1.84. The summed E-state index contributed by atoms with van der Waals surface area (Å²) in [5.74, 6) is -2.51. The Morgan fingerprint density at radius 1 is 1.28 bits per heavy atom. The van der Waals surface area contributed by atoms with E-state index in [1.807, 2.05) is 6.92 Å². The summed E-state index contributed by atoms with van der Waals surface area (Å²) in [6.45, 7) is 2.45. The smallest absolute Gasteiger partial charge is 0.328 e. The van der Waals surface area contributed by atoms with E-state index >= 15 is 0 Å². The molecule has 0 radical (unpaired) electrons. The molecule has 4 N–H and O–H groups in total. The number of rotatable bonds is 5. The highest BCUT2D eigenvalue weighted by molar-refractivity contribution is 7.90. The van der Waals surface area contributed by atoms with Crippen LogP contribution in [0.4, 0.5) is 0 Å². The van der Waals surface area contributed by atoms with Crippen molar-refractivity contribution in [3.63, 3.8) is 0 Å². The van der Waals surface area contributed by atoms with Crippen LogP contribution in [-0.4, -0.2) is 52.6 Å². The summed E-state index contributed by atoms with van der Waals surface area (Å²) in [6, 6.07) is 4.96. The molecule has 25 heavy (non-hydrogen) atoms. The van der Waals surface area contributed by atoms with Crippen molar-refractivity contribution < 1.29 is 28.2 Å². The molecule has 10 heteroatoms. The molecule has 0 saturated carbocycles. The summed E-state index contributed by atoms with van der Waals surface area (Å²) in [4.78, 5) is 19.4. The van der Waals surface area contributed by atoms with Crippen LogP contribution in [0.5, 0.6) is 0 Å². The molecule has 136 valence electrons. The topological polar surface area (TPSA) is 153 Å². The van der Waals surface area contributed by atoms with Gasteiger partial charge in [-0.25, -0.2) is 18.0 Å². The molecule has 0 aliphatic rings. The maximum atomic E-state index is 11.5. The van der Waals surface area contributed by atoms with E-state index in [4.69, 9.17) is 15.9 Å². The zero-order chi connectivity index (χ0) is 19.2. The lowest BCUT2D eigenvalue weighted by atomic mass is 10.2. The molecule has 0 amide bonds. The van der Waals surface area contributed by atoms with Crippen molar-refractivity contribution in [2.24, 2.45) is 5.73 Å². The van der Waals surface area contributed by atoms with Crippen molar-refractivity contribution in [1.82, 2.24) is 9.78 Å². The maximum Gasteiger partial charge on any atom is 0.328 e. The van der Waals surface area contributed by atoms with Crippen molar-refractivity contribution in [3.8, 4) is 0 Å². The van der Waals surface area contributed by atoms with Crippen LogP contribution < -0.4 is 5.73 Å². The second kappa shape index (κ2) is 8.40. The van der Waals surface area contributed by atoms with E-state index in [2.05, 4.69) is 5.10 Å². The summed E-state index contributed by atoms with van der Waals surface area (Å²) in [5.41, 5.74) is 6.52. The van der Waals surface area contributed by atoms with Crippen LogP contribution in [0.25, 0.3) is 10.9 Å². The Labute approximate surface area is 144 Å². The van der Waals surface area contributed by atoms with Gasteiger partial charge < -0.3 is 15.9 Å². The number of hydrogen-bond acceptors (Lipinski definition) is 6. The lowest BCUT2D eigenvalue weighted by molar-refractivity contribution is -0.134. The molecule has 0 bridgehead atoms. The Kier molecular flexibility index (Phi) is 6.83. The molecule has 9 nitrogen and oxygen atoms in total.